The molecule has 0 aliphatic carbocycles. The van der Waals surface area contributed by atoms with E-state index in [9.17, 15) is 9.59 Å². The number of amides is 3. The Balaban J connectivity index is 2.32. The lowest BCUT2D eigenvalue weighted by molar-refractivity contribution is -0.288. The molecular formula is C13H23FN2O4Si. The molecule has 1 N–H and O–H groups in total. The Morgan fingerprint density at radius 2 is 2.05 bits per heavy atom. The van der Waals surface area contributed by atoms with Gasteiger partial charge in [-0.1, -0.05) is 20.8 Å². The molecule has 2 rings (SSSR count). The minimum Gasteiger partial charge on any atom is -0.399 e. The second-order valence-corrected chi connectivity index (χ2v) is 11.8. The molecule has 2 atom stereocenters. The van der Waals surface area contributed by atoms with Gasteiger partial charge in [-0.3, -0.25) is 15.0 Å². The summed E-state index contributed by atoms with van der Waals surface area (Å²) >= 11 is 0. The number of rotatable bonds is 2. The van der Waals surface area contributed by atoms with Crippen LogP contribution in [0.15, 0.2) is 0 Å². The van der Waals surface area contributed by atoms with Crippen LogP contribution in [0.2, 0.25) is 18.1 Å². The van der Waals surface area contributed by atoms with E-state index < -0.39 is 32.3 Å². The number of carbonyl (C=O) groups excluding carboxylic acids is 2. The molecule has 0 aromatic heterocycles. The molecule has 0 bridgehead atoms. The maximum Gasteiger partial charge on any atom is 0.328 e. The fourth-order valence-corrected chi connectivity index (χ4v) is 3.32. The van der Waals surface area contributed by atoms with E-state index in [1.807, 2.05) is 33.9 Å². The zero-order valence-corrected chi connectivity index (χ0v) is 14.2. The van der Waals surface area contributed by atoms with Crippen molar-refractivity contribution in [1.29, 1.82) is 0 Å². The molecule has 8 heteroatoms. The van der Waals surface area contributed by atoms with Crippen molar-refractivity contribution in [3.8, 4) is 0 Å². The van der Waals surface area contributed by atoms with Gasteiger partial charge in [0.15, 0.2) is 8.32 Å². The largest absolute Gasteiger partial charge is 0.399 e. The summed E-state index contributed by atoms with van der Waals surface area (Å²) < 4.78 is 26.3. The molecule has 3 amide bonds. The molecule has 120 valence electrons. The van der Waals surface area contributed by atoms with E-state index in [1.54, 1.807) is 0 Å². The standard InChI is InChI=1S/C13H23FN2O4Si/c1-12(2,3)21(4,5)20-9-10(17)15-11(18)16-7-6-8-19-13(9,16)14/h9H,6-8H2,1-5H3,(H,15,17,18)/t9-,13?/m0/s1. The summed E-state index contributed by atoms with van der Waals surface area (Å²) in [6.45, 7) is 10.2. The summed E-state index contributed by atoms with van der Waals surface area (Å²) in [5.74, 6) is -3.28. The van der Waals surface area contributed by atoms with Crippen LogP contribution in [-0.4, -0.2) is 50.4 Å². The van der Waals surface area contributed by atoms with Crippen molar-refractivity contribution >= 4 is 20.3 Å². The van der Waals surface area contributed by atoms with Crippen LogP contribution in [-0.2, 0) is 14.0 Å². The summed E-state index contributed by atoms with van der Waals surface area (Å²) in [6, 6.07) is -0.766. The van der Waals surface area contributed by atoms with Gasteiger partial charge >= 0.3 is 12.0 Å². The molecule has 0 aromatic carbocycles. The maximum atomic E-state index is 15.2. The molecule has 21 heavy (non-hydrogen) atoms. The SMILES string of the molecule is CC(C)(C)[Si](C)(C)O[C@H]1C(=O)NC(=O)N2CCCOC12F. The fraction of sp³-hybridized carbons (Fsp3) is 0.846. The lowest BCUT2D eigenvalue weighted by Gasteiger charge is -2.49. The Morgan fingerprint density at radius 1 is 1.43 bits per heavy atom. The lowest BCUT2D eigenvalue weighted by atomic mass is 10.1. The Bertz CT molecular complexity index is 466. The first-order valence-electron chi connectivity index (χ1n) is 7.12. The average Bonchev–Trinajstić information content (AvgIpc) is 2.33. The van der Waals surface area contributed by atoms with Gasteiger partial charge in [-0.05, 0) is 24.6 Å². The van der Waals surface area contributed by atoms with Crippen molar-refractivity contribution in [3.63, 3.8) is 0 Å². The number of alkyl halides is 1. The highest BCUT2D eigenvalue weighted by Gasteiger charge is 2.60. The number of urea groups is 1. The Morgan fingerprint density at radius 3 is 2.62 bits per heavy atom. The number of halogens is 1. The minimum absolute atomic E-state index is 0.158. The third kappa shape index (κ3) is 2.71. The first-order chi connectivity index (χ1) is 9.49. The molecule has 2 aliphatic heterocycles. The van der Waals surface area contributed by atoms with Crippen LogP contribution in [0.25, 0.3) is 0 Å². The van der Waals surface area contributed by atoms with Crippen LogP contribution in [0.1, 0.15) is 27.2 Å². The molecule has 0 aromatic rings. The number of imide groups is 1. The first-order valence-corrected chi connectivity index (χ1v) is 10.0. The van der Waals surface area contributed by atoms with E-state index >= 15 is 4.39 Å². The highest BCUT2D eigenvalue weighted by molar-refractivity contribution is 6.74. The van der Waals surface area contributed by atoms with Crippen molar-refractivity contribution in [2.75, 3.05) is 13.2 Å². The van der Waals surface area contributed by atoms with Gasteiger partial charge in [0, 0.05) is 6.54 Å². The van der Waals surface area contributed by atoms with E-state index in [4.69, 9.17) is 9.16 Å². The highest BCUT2D eigenvalue weighted by atomic mass is 28.4. The number of carbonyl (C=O) groups is 2. The molecule has 2 saturated heterocycles. The highest BCUT2D eigenvalue weighted by Crippen LogP contribution is 2.41. The van der Waals surface area contributed by atoms with Crippen LogP contribution in [0.3, 0.4) is 0 Å². The fourth-order valence-electron chi connectivity index (χ4n) is 2.12. The molecular weight excluding hydrogens is 295 g/mol. The molecule has 0 radical (unpaired) electrons. The molecule has 6 nitrogen and oxygen atoms in total. The Kier molecular flexibility index (Phi) is 3.92. The van der Waals surface area contributed by atoms with Crippen LogP contribution in [0, 0.1) is 0 Å². The first kappa shape index (κ1) is 16.4. The normalized spacial score (nSPS) is 31.0. The number of hydrogen-bond acceptors (Lipinski definition) is 4. The lowest BCUT2D eigenvalue weighted by Crippen LogP contribution is -2.73. The number of fused-ring (bicyclic) bond motifs is 1. The van der Waals surface area contributed by atoms with Gasteiger partial charge in [-0.25, -0.2) is 4.79 Å². The van der Waals surface area contributed by atoms with E-state index in [1.165, 1.54) is 0 Å². The predicted molar refractivity (Wildman–Crippen MR) is 76.7 cm³/mol. The molecule has 2 aliphatic rings. The summed E-state index contributed by atoms with van der Waals surface area (Å²) in [7, 11) is -2.40. The average molecular weight is 318 g/mol. The van der Waals surface area contributed by atoms with Crippen molar-refractivity contribution in [1.82, 2.24) is 10.2 Å². The van der Waals surface area contributed by atoms with E-state index in [0.29, 0.717) is 6.42 Å². The van der Waals surface area contributed by atoms with Gasteiger partial charge in [-0.2, -0.15) is 4.39 Å². The topological polar surface area (TPSA) is 67.9 Å². The summed E-state index contributed by atoms with van der Waals surface area (Å²) in [5, 5.41) is 1.96. The third-order valence-electron chi connectivity index (χ3n) is 4.45. The molecule has 2 fully saturated rings. The van der Waals surface area contributed by atoms with E-state index in [2.05, 4.69) is 5.32 Å². The van der Waals surface area contributed by atoms with Gasteiger partial charge in [0.05, 0.1) is 6.61 Å². The summed E-state index contributed by atoms with van der Waals surface area (Å²) in [5.41, 5.74) is 0. The molecule has 2 heterocycles. The van der Waals surface area contributed by atoms with Crippen LogP contribution in [0.4, 0.5) is 9.18 Å². The van der Waals surface area contributed by atoms with Gasteiger partial charge in [-0.15, -0.1) is 0 Å². The van der Waals surface area contributed by atoms with Crippen LogP contribution < -0.4 is 5.32 Å². The van der Waals surface area contributed by atoms with Crippen molar-refractivity contribution < 1.29 is 23.1 Å². The second kappa shape index (κ2) is 5.03. The minimum atomic E-state index is -2.51. The number of nitrogens with zero attached hydrogens (tertiary/aromatic N) is 1. The van der Waals surface area contributed by atoms with Crippen molar-refractivity contribution in [2.45, 2.75) is 57.4 Å². The third-order valence-corrected chi connectivity index (χ3v) is 8.89. The number of ether oxygens (including phenoxy) is 1. The van der Waals surface area contributed by atoms with Crippen molar-refractivity contribution in [2.24, 2.45) is 0 Å². The van der Waals surface area contributed by atoms with Crippen LogP contribution in [0.5, 0.6) is 0 Å². The molecule has 1 unspecified atom stereocenters. The van der Waals surface area contributed by atoms with Gasteiger partial charge < -0.3 is 9.16 Å². The van der Waals surface area contributed by atoms with E-state index in [-0.39, 0.29) is 18.2 Å². The quantitative estimate of drug-likeness (QED) is 0.624. The summed E-state index contributed by atoms with van der Waals surface area (Å²) in [6.07, 6.45) is -0.920. The molecule has 0 spiro atoms. The zero-order chi connectivity index (χ0) is 16.1. The Labute approximate surface area is 125 Å². The van der Waals surface area contributed by atoms with Gasteiger partial charge in [0.1, 0.15) is 0 Å². The van der Waals surface area contributed by atoms with E-state index in [0.717, 1.165) is 4.90 Å². The number of hydrogen-bond donors (Lipinski definition) is 1. The monoisotopic (exact) mass is 318 g/mol. The van der Waals surface area contributed by atoms with Gasteiger partial charge in [0.25, 0.3) is 5.91 Å². The maximum absolute atomic E-state index is 15.2. The Hall–Kier alpha value is -0.993. The van der Waals surface area contributed by atoms with Crippen LogP contribution >= 0.6 is 0 Å². The second-order valence-electron chi connectivity index (χ2n) is 7.02. The number of nitrogens with one attached hydrogen (secondary N) is 1. The predicted octanol–water partition coefficient (Wildman–Crippen LogP) is 1.97. The zero-order valence-electron chi connectivity index (χ0n) is 13.2. The smallest absolute Gasteiger partial charge is 0.328 e. The van der Waals surface area contributed by atoms with Gasteiger partial charge in [0.2, 0.25) is 6.10 Å². The molecule has 0 saturated carbocycles. The van der Waals surface area contributed by atoms with Crippen molar-refractivity contribution in [3.05, 3.63) is 0 Å². The summed E-state index contributed by atoms with van der Waals surface area (Å²) in [4.78, 5) is 24.8.